The lowest BCUT2D eigenvalue weighted by molar-refractivity contribution is -0.144. The molecule has 2 rings (SSSR count). The number of nitrogens with zero attached hydrogens (tertiary/aromatic N) is 1. The highest BCUT2D eigenvalue weighted by molar-refractivity contribution is 6.30. The van der Waals surface area contributed by atoms with Crippen molar-refractivity contribution in [3.8, 4) is 0 Å². The predicted octanol–water partition coefficient (Wildman–Crippen LogP) is 2.85. The van der Waals surface area contributed by atoms with Crippen molar-refractivity contribution in [2.75, 3.05) is 6.61 Å². The molecular formula is C16H20ClNO3. The van der Waals surface area contributed by atoms with Gasteiger partial charge in [0.25, 0.3) is 0 Å². The summed E-state index contributed by atoms with van der Waals surface area (Å²) in [5.74, 6) is -0.199. The number of carbonyl (C=O) groups excluding carboxylic acids is 2. The van der Waals surface area contributed by atoms with E-state index in [9.17, 15) is 9.59 Å². The average molecular weight is 310 g/mol. The fourth-order valence-electron chi connectivity index (χ4n) is 2.57. The number of hydrogen-bond acceptors (Lipinski definition) is 3. The summed E-state index contributed by atoms with van der Waals surface area (Å²) in [5.41, 5.74) is 0.878. The van der Waals surface area contributed by atoms with Gasteiger partial charge in [-0.3, -0.25) is 9.59 Å². The summed E-state index contributed by atoms with van der Waals surface area (Å²) in [4.78, 5) is 25.5. The van der Waals surface area contributed by atoms with Crippen LogP contribution in [-0.4, -0.2) is 36.0 Å². The Hall–Kier alpha value is -1.39. The second kappa shape index (κ2) is 6.58. The van der Waals surface area contributed by atoms with E-state index in [2.05, 4.69) is 0 Å². The molecule has 1 aliphatic rings. The van der Waals surface area contributed by atoms with Crippen LogP contribution in [0.4, 0.5) is 0 Å². The maximum atomic E-state index is 12.8. The Morgan fingerprint density at radius 2 is 1.95 bits per heavy atom. The van der Waals surface area contributed by atoms with Crippen LogP contribution in [0.2, 0.25) is 5.02 Å². The van der Waals surface area contributed by atoms with Crippen molar-refractivity contribution in [3.05, 3.63) is 34.9 Å². The molecule has 1 saturated heterocycles. The first kappa shape index (κ1) is 16.0. The SMILES string of the molecule is CC(C)[C@@H]1COC(C=O)N1C(=O)[C@H](C)c1ccc(Cl)cc1. The Labute approximate surface area is 130 Å². The van der Waals surface area contributed by atoms with Gasteiger partial charge in [-0.2, -0.15) is 0 Å². The number of aldehydes is 1. The number of amides is 1. The van der Waals surface area contributed by atoms with Gasteiger partial charge in [-0.1, -0.05) is 37.6 Å². The zero-order valence-corrected chi connectivity index (χ0v) is 13.2. The second-order valence-corrected chi connectivity index (χ2v) is 6.13. The highest BCUT2D eigenvalue weighted by atomic mass is 35.5. The minimum Gasteiger partial charge on any atom is -0.349 e. The van der Waals surface area contributed by atoms with Crippen molar-refractivity contribution in [1.82, 2.24) is 4.90 Å². The van der Waals surface area contributed by atoms with E-state index in [0.717, 1.165) is 5.56 Å². The number of benzene rings is 1. The van der Waals surface area contributed by atoms with E-state index in [1.54, 1.807) is 17.0 Å². The lowest BCUT2D eigenvalue weighted by Crippen LogP contribution is -2.46. The number of halogens is 1. The molecule has 1 aromatic rings. The van der Waals surface area contributed by atoms with Gasteiger partial charge in [-0.25, -0.2) is 0 Å². The van der Waals surface area contributed by atoms with Crippen molar-refractivity contribution in [3.63, 3.8) is 0 Å². The van der Waals surface area contributed by atoms with Gasteiger partial charge in [0.2, 0.25) is 5.91 Å². The Morgan fingerprint density at radius 3 is 2.48 bits per heavy atom. The van der Waals surface area contributed by atoms with Crippen LogP contribution in [0.5, 0.6) is 0 Å². The first-order valence-electron chi connectivity index (χ1n) is 7.10. The third-order valence-electron chi connectivity index (χ3n) is 3.95. The monoisotopic (exact) mass is 309 g/mol. The normalized spacial score (nSPS) is 23.4. The molecule has 1 unspecified atom stereocenters. The maximum absolute atomic E-state index is 12.8. The highest BCUT2D eigenvalue weighted by Gasteiger charge is 2.40. The third kappa shape index (κ3) is 3.27. The second-order valence-electron chi connectivity index (χ2n) is 5.69. The molecule has 21 heavy (non-hydrogen) atoms. The molecule has 0 saturated carbocycles. The highest BCUT2D eigenvalue weighted by Crippen LogP contribution is 2.28. The molecule has 5 heteroatoms. The van der Waals surface area contributed by atoms with Crippen molar-refractivity contribution in [1.29, 1.82) is 0 Å². The predicted molar refractivity (Wildman–Crippen MR) is 81.1 cm³/mol. The van der Waals surface area contributed by atoms with Crippen LogP contribution in [0.1, 0.15) is 32.3 Å². The number of ether oxygens (including phenoxy) is 1. The summed E-state index contributed by atoms with van der Waals surface area (Å²) in [5, 5.41) is 0.633. The maximum Gasteiger partial charge on any atom is 0.232 e. The molecule has 0 spiro atoms. The lowest BCUT2D eigenvalue weighted by Gasteiger charge is -2.30. The van der Waals surface area contributed by atoms with E-state index >= 15 is 0 Å². The fourth-order valence-corrected chi connectivity index (χ4v) is 2.70. The smallest absolute Gasteiger partial charge is 0.232 e. The van der Waals surface area contributed by atoms with Crippen molar-refractivity contribution in [2.24, 2.45) is 5.92 Å². The first-order valence-corrected chi connectivity index (χ1v) is 7.48. The molecule has 1 amide bonds. The molecule has 0 N–H and O–H groups in total. The van der Waals surface area contributed by atoms with Gasteiger partial charge in [0.05, 0.1) is 18.6 Å². The summed E-state index contributed by atoms with van der Waals surface area (Å²) >= 11 is 5.87. The van der Waals surface area contributed by atoms with Crippen molar-refractivity contribution in [2.45, 2.75) is 39.0 Å². The molecule has 1 aliphatic heterocycles. The van der Waals surface area contributed by atoms with Crippen molar-refractivity contribution < 1.29 is 14.3 Å². The molecule has 0 radical (unpaired) electrons. The van der Waals surface area contributed by atoms with Crippen LogP contribution < -0.4 is 0 Å². The first-order chi connectivity index (χ1) is 9.95. The van der Waals surface area contributed by atoms with Gasteiger partial charge in [0, 0.05) is 5.02 Å². The van der Waals surface area contributed by atoms with Crippen LogP contribution >= 0.6 is 11.6 Å². The largest absolute Gasteiger partial charge is 0.349 e. The molecular weight excluding hydrogens is 290 g/mol. The number of rotatable bonds is 4. The summed E-state index contributed by atoms with van der Waals surface area (Å²) in [6, 6.07) is 7.13. The molecule has 4 nitrogen and oxygen atoms in total. The molecule has 114 valence electrons. The van der Waals surface area contributed by atoms with E-state index in [1.165, 1.54) is 0 Å². The fraction of sp³-hybridized carbons (Fsp3) is 0.500. The number of carbonyl (C=O) groups is 2. The van der Waals surface area contributed by atoms with Crippen LogP contribution in [0.25, 0.3) is 0 Å². The quantitative estimate of drug-likeness (QED) is 0.804. The topological polar surface area (TPSA) is 46.6 Å². The summed E-state index contributed by atoms with van der Waals surface area (Å²) in [7, 11) is 0. The average Bonchev–Trinajstić information content (AvgIpc) is 2.90. The van der Waals surface area contributed by atoms with Gasteiger partial charge in [-0.15, -0.1) is 0 Å². The zero-order valence-electron chi connectivity index (χ0n) is 12.5. The zero-order chi connectivity index (χ0) is 15.6. The Bertz CT molecular complexity index is 515. The molecule has 0 aromatic heterocycles. The molecule has 1 heterocycles. The summed E-state index contributed by atoms with van der Waals surface area (Å²) in [6.07, 6.45) is -0.0888. The lowest BCUT2D eigenvalue weighted by atomic mass is 9.97. The van der Waals surface area contributed by atoms with E-state index in [1.807, 2.05) is 32.9 Å². The molecule has 1 aromatic carbocycles. The summed E-state index contributed by atoms with van der Waals surface area (Å²) < 4.78 is 5.43. The van der Waals surface area contributed by atoms with E-state index in [4.69, 9.17) is 16.3 Å². The van der Waals surface area contributed by atoms with Crippen LogP contribution in [0.15, 0.2) is 24.3 Å². The molecule has 0 aliphatic carbocycles. The standard InChI is InChI=1S/C16H20ClNO3/c1-10(2)14-9-21-15(8-19)18(14)16(20)11(3)12-4-6-13(17)7-5-12/h4-8,10-11,14-15H,9H2,1-3H3/t11-,14+,15?/m1/s1. The Morgan fingerprint density at radius 1 is 1.33 bits per heavy atom. The van der Waals surface area contributed by atoms with Crippen LogP contribution in [0.3, 0.4) is 0 Å². The Kier molecular flexibility index (Phi) is 5.01. The van der Waals surface area contributed by atoms with Gasteiger partial charge >= 0.3 is 0 Å². The van der Waals surface area contributed by atoms with Gasteiger partial charge in [0.1, 0.15) is 0 Å². The van der Waals surface area contributed by atoms with Gasteiger partial charge < -0.3 is 9.64 Å². The van der Waals surface area contributed by atoms with E-state index in [-0.39, 0.29) is 23.8 Å². The molecule has 0 bridgehead atoms. The van der Waals surface area contributed by atoms with Crippen LogP contribution in [-0.2, 0) is 14.3 Å². The van der Waals surface area contributed by atoms with Gasteiger partial charge in [0.15, 0.2) is 12.5 Å². The van der Waals surface area contributed by atoms with Crippen LogP contribution in [0, 0.1) is 5.92 Å². The summed E-state index contributed by atoms with van der Waals surface area (Å²) in [6.45, 7) is 6.28. The number of hydrogen-bond donors (Lipinski definition) is 0. The van der Waals surface area contributed by atoms with Gasteiger partial charge in [-0.05, 0) is 30.5 Å². The molecule has 3 atom stereocenters. The minimum atomic E-state index is -0.778. The Balaban J connectivity index is 2.23. The molecule has 1 fully saturated rings. The van der Waals surface area contributed by atoms with E-state index < -0.39 is 6.23 Å². The van der Waals surface area contributed by atoms with E-state index in [0.29, 0.717) is 17.9 Å². The minimum absolute atomic E-state index is 0.0672. The van der Waals surface area contributed by atoms with Crippen molar-refractivity contribution >= 4 is 23.8 Å². The third-order valence-corrected chi connectivity index (χ3v) is 4.20.